The third kappa shape index (κ3) is 3.84. The molecule has 1 aliphatic rings. The topological polar surface area (TPSA) is 118 Å². The Morgan fingerprint density at radius 1 is 1.35 bits per heavy atom. The number of sulfonamides is 1. The normalized spacial score (nSPS) is 23.5. The molecule has 0 bridgehead atoms. The number of hydrogen-bond acceptors (Lipinski definition) is 5. The van der Waals surface area contributed by atoms with Crippen LogP contribution < -0.4 is 16.2 Å². The molecule has 1 fully saturated rings. The summed E-state index contributed by atoms with van der Waals surface area (Å²) in [6.45, 7) is 0.615. The molecule has 6 nitrogen and oxygen atoms in total. The van der Waals surface area contributed by atoms with E-state index in [0.29, 0.717) is 23.8 Å². The van der Waals surface area contributed by atoms with Crippen LogP contribution in [0, 0.1) is 5.92 Å². The fraction of sp³-hybridized carbons (Fsp3) is 0.538. The molecule has 1 aromatic carbocycles. The number of nitrogen functional groups attached to an aromatic ring is 1. The van der Waals surface area contributed by atoms with Gasteiger partial charge in [-0.1, -0.05) is 6.42 Å². The molecule has 1 saturated carbocycles. The lowest BCUT2D eigenvalue weighted by molar-refractivity contribution is 0.104. The molecule has 0 aliphatic heterocycles. The fourth-order valence-corrected chi connectivity index (χ4v) is 3.37. The van der Waals surface area contributed by atoms with E-state index in [1.54, 1.807) is 12.1 Å². The van der Waals surface area contributed by atoms with Crippen LogP contribution in [0.1, 0.15) is 25.7 Å². The lowest BCUT2D eigenvalue weighted by Crippen LogP contribution is -2.25. The van der Waals surface area contributed by atoms with Crippen molar-refractivity contribution < 1.29 is 13.5 Å². The molecule has 20 heavy (non-hydrogen) atoms. The van der Waals surface area contributed by atoms with Crippen LogP contribution in [0.5, 0.6) is 0 Å². The van der Waals surface area contributed by atoms with Crippen molar-refractivity contribution in [2.45, 2.75) is 36.7 Å². The second-order valence-corrected chi connectivity index (χ2v) is 6.90. The third-order valence-electron chi connectivity index (χ3n) is 3.65. The Morgan fingerprint density at radius 2 is 2.10 bits per heavy atom. The summed E-state index contributed by atoms with van der Waals surface area (Å²) >= 11 is 0. The minimum atomic E-state index is -3.81. The van der Waals surface area contributed by atoms with Crippen LogP contribution in [0.2, 0.25) is 0 Å². The number of primary sulfonamides is 1. The smallest absolute Gasteiger partial charge is 0.240 e. The van der Waals surface area contributed by atoms with Gasteiger partial charge in [-0.25, -0.2) is 13.6 Å². The lowest BCUT2D eigenvalue weighted by Gasteiger charge is -2.26. The summed E-state index contributed by atoms with van der Waals surface area (Å²) in [5, 5.41) is 17.9. The van der Waals surface area contributed by atoms with Crippen molar-refractivity contribution in [2.24, 2.45) is 11.1 Å². The van der Waals surface area contributed by atoms with Crippen molar-refractivity contribution in [3.05, 3.63) is 18.2 Å². The van der Waals surface area contributed by atoms with Gasteiger partial charge in [-0.2, -0.15) is 0 Å². The molecule has 0 amide bonds. The molecule has 7 heteroatoms. The van der Waals surface area contributed by atoms with E-state index >= 15 is 0 Å². The van der Waals surface area contributed by atoms with Gasteiger partial charge in [0.2, 0.25) is 10.0 Å². The van der Waals surface area contributed by atoms with Gasteiger partial charge < -0.3 is 16.2 Å². The number of aliphatic hydroxyl groups is 1. The highest BCUT2D eigenvalue weighted by Gasteiger charge is 2.21. The van der Waals surface area contributed by atoms with E-state index < -0.39 is 10.0 Å². The molecule has 2 unspecified atom stereocenters. The summed E-state index contributed by atoms with van der Waals surface area (Å²) in [6.07, 6.45) is 3.37. The van der Waals surface area contributed by atoms with Gasteiger partial charge in [0, 0.05) is 12.2 Å². The van der Waals surface area contributed by atoms with Crippen molar-refractivity contribution >= 4 is 21.4 Å². The summed E-state index contributed by atoms with van der Waals surface area (Å²) in [5.74, 6) is 0.338. The fourth-order valence-electron chi connectivity index (χ4n) is 2.62. The minimum absolute atomic E-state index is 0.00820. The number of hydrogen-bond donors (Lipinski definition) is 4. The summed E-state index contributed by atoms with van der Waals surface area (Å²) in [6, 6.07) is 4.61. The highest BCUT2D eigenvalue weighted by molar-refractivity contribution is 7.89. The van der Waals surface area contributed by atoms with E-state index in [2.05, 4.69) is 5.32 Å². The number of rotatable bonds is 4. The monoisotopic (exact) mass is 299 g/mol. The highest BCUT2D eigenvalue weighted by Crippen LogP contribution is 2.27. The summed E-state index contributed by atoms with van der Waals surface area (Å²) in [7, 11) is -3.81. The standard InChI is InChI=1S/C13H21N3O3S/c14-10-4-5-12(13(7-10)20(15,18)19)16-8-9-2-1-3-11(17)6-9/h4-5,7,9,11,16-17H,1-3,6,8,14H2,(H2,15,18,19). The van der Waals surface area contributed by atoms with Crippen molar-refractivity contribution in [1.29, 1.82) is 0 Å². The first-order valence-electron chi connectivity index (χ1n) is 6.70. The molecule has 0 saturated heterocycles. The van der Waals surface area contributed by atoms with Crippen LogP contribution in [0.15, 0.2) is 23.1 Å². The number of aliphatic hydroxyl groups excluding tert-OH is 1. The number of anilines is 2. The second-order valence-electron chi connectivity index (χ2n) is 5.37. The average Bonchev–Trinajstić information content (AvgIpc) is 2.36. The Hall–Kier alpha value is -1.31. The van der Waals surface area contributed by atoms with Gasteiger partial charge in [0.05, 0.1) is 11.8 Å². The van der Waals surface area contributed by atoms with Gasteiger partial charge in [-0.3, -0.25) is 0 Å². The zero-order valence-corrected chi connectivity index (χ0v) is 12.1. The average molecular weight is 299 g/mol. The van der Waals surface area contributed by atoms with Crippen LogP contribution in [-0.4, -0.2) is 26.2 Å². The first-order valence-corrected chi connectivity index (χ1v) is 8.25. The third-order valence-corrected chi connectivity index (χ3v) is 4.60. The van der Waals surface area contributed by atoms with Crippen LogP contribution in [0.4, 0.5) is 11.4 Å². The van der Waals surface area contributed by atoms with Crippen molar-refractivity contribution in [1.82, 2.24) is 0 Å². The van der Waals surface area contributed by atoms with E-state index in [9.17, 15) is 13.5 Å². The zero-order valence-electron chi connectivity index (χ0n) is 11.2. The Kier molecular flexibility index (Phi) is 4.52. The quantitative estimate of drug-likeness (QED) is 0.615. The van der Waals surface area contributed by atoms with E-state index in [-0.39, 0.29) is 11.0 Å². The van der Waals surface area contributed by atoms with Gasteiger partial charge in [-0.15, -0.1) is 0 Å². The maximum atomic E-state index is 11.6. The Morgan fingerprint density at radius 3 is 2.75 bits per heavy atom. The molecule has 2 atom stereocenters. The summed E-state index contributed by atoms with van der Waals surface area (Å²) in [4.78, 5) is 0.00820. The maximum Gasteiger partial charge on any atom is 0.240 e. The van der Waals surface area contributed by atoms with Gasteiger partial charge >= 0.3 is 0 Å². The molecule has 0 heterocycles. The summed E-state index contributed by atoms with van der Waals surface area (Å²) in [5.41, 5.74) is 6.41. The largest absolute Gasteiger partial charge is 0.399 e. The molecular weight excluding hydrogens is 278 g/mol. The van der Waals surface area contributed by atoms with Crippen molar-refractivity contribution in [3.8, 4) is 0 Å². The zero-order chi connectivity index (χ0) is 14.8. The molecule has 0 radical (unpaired) electrons. The number of nitrogens with two attached hydrogens (primary N) is 2. The minimum Gasteiger partial charge on any atom is -0.399 e. The van der Waals surface area contributed by atoms with E-state index in [1.165, 1.54) is 6.07 Å². The molecule has 2 rings (SSSR count). The maximum absolute atomic E-state index is 11.6. The first-order chi connectivity index (χ1) is 9.36. The lowest BCUT2D eigenvalue weighted by atomic mass is 9.87. The van der Waals surface area contributed by atoms with Gasteiger partial charge in [0.15, 0.2) is 0 Å². The van der Waals surface area contributed by atoms with Gasteiger partial charge in [-0.05, 0) is 43.4 Å². The van der Waals surface area contributed by atoms with Gasteiger partial charge in [0.25, 0.3) is 0 Å². The molecule has 0 spiro atoms. The molecule has 0 aromatic heterocycles. The molecule has 1 aliphatic carbocycles. The number of benzene rings is 1. The molecule has 112 valence electrons. The Balaban J connectivity index is 2.09. The Bertz CT molecular complexity index is 574. The first kappa shape index (κ1) is 15.1. The molecular formula is C13H21N3O3S. The molecule has 1 aromatic rings. The highest BCUT2D eigenvalue weighted by atomic mass is 32.2. The summed E-state index contributed by atoms with van der Waals surface area (Å²) < 4.78 is 23.1. The van der Waals surface area contributed by atoms with Crippen molar-refractivity contribution in [3.63, 3.8) is 0 Å². The predicted octanol–water partition coefficient (Wildman–Crippen LogP) is 0.879. The van der Waals surface area contributed by atoms with E-state index in [0.717, 1.165) is 25.7 Å². The SMILES string of the molecule is Nc1ccc(NCC2CCCC(O)C2)c(S(N)(=O)=O)c1. The van der Waals surface area contributed by atoms with Crippen LogP contribution in [0.3, 0.4) is 0 Å². The van der Waals surface area contributed by atoms with E-state index in [4.69, 9.17) is 10.9 Å². The molecule has 6 N–H and O–H groups in total. The Labute approximate surface area is 119 Å². The van der Waals surface area contributed by atoms with Crippen LogP contribution in [0.25, 0.3) is 0 Å². The van der Waals surface area contributed by atoms with E-state index in [1.807, 2.05) is 0 Å². The number of nitrogens with one attached hydrogen (secondary N) is 1. The van der Waals surface area contributed by atoms with Crippen LogP contribution >= 0.6 is 0 Å². The second kappa shape index (κ2) is 5.99. The predicted molar refractivity (Wildman–Crippen MR) is 78.7 cm³/mol. The van der Waals surface area contributed by atoms with Crippen LogP contribution in [-0.2, 0) is 10.0 Å². The van der Waals surface area contributed by atoms with Gasteiger partial charge in [0.1, 0.15) is 4.90 Å². The van der Waals surface area contributed by atoms with Crippen molar-refractivity contribution in [2.75, 3.05) is 17.6 Å².